The summed E-state index contributed by atoms with van der Waals surface area (Å²) in [6.07, 6.45) is 6.16. The number of ether oxygens (including phenoxy) is 4. The molecule has 1 unspecified atom stereocenters. The van der Waals surface area contributed by atoms with E-state index in [2.05, 4.69) is 6.08 Å². The average molecular weight is 521 g/mol. The summed E-state index contributed by atoms with van der Waals surface area (Å²) in [4.78, 5) is 24.2. The summed E-state index contributed by atoms with van der Waals surface area (Å²) in [6.45, 7) is 3.34. The van der Waals surface area contributed by atoms with Crippen LogP contribution in [0.4, 0.5) is 0 Å². The number of hydrogen-bond acceptors (Lipinski definition) is 6. The van der Waals surface area contributed by atoms with E-state index >= 15 is 0 Å². The van der Waals surface area contributed by atoms with Gasteiger partial charge in [0.25, 0.3) is 0 Å². The fourth-order valence-electron chi connectivity index (χ4n) is 4.87. The van der Waals surface area contributed by atoms with Crippen LogP contribution in [0.25, 0.3) is 22.9 Å². The van der Waals surface area contributed by atoms with Crippen LogP contribution in [0, 0.1) is 0 Å². The maximum absolute atomic E-state index is 12.6. The lowest BCUT2D eigenvalue weighted by atomic mass is 9.82. The van der Waals surface area contributed by atoms with Crippen molar-refractivity contribution in [3.05, 3.63) is 113 Å². The molecule has 4 aromatic carbocycles. The molecule has 0 aromatic heterocycles. The fourth-order valence-corrected chi connectivity index (χ4v) is 4.87. The monoisotopic (exact) mass is 520 g/mol. The van der Waals surface area contributed by atoms with Gasteiger partial charge in [0.15, 0.2) is 5.60 Å². The van der Waals surface area contributed by atoms with E-state index < -0.39 is 17.5 Å². The third-order valence-corrected chi connectivity index (χ3v) is 6.82. The first-order chi connectivity index (χ1) is 18.8. The molecule has 0 fully saturated rings. The van der Waals surface area contributed by atoms with Gasteiger partial charge in [0, 0.05) is 18.1 Å². The van der Waals surface area contributed by atoms with Crippen LogP contribution in [0.2, 0.25) is 0 Å². The highest BCUT2D eigenvalue weighted by Crippen LogP contribution is 2.45. The van der Waals surface area contributed by atoms with Crippen molar-refractivity contribution in [2.24, 2.45) is 0 Å². The second-order valence-electron chi connectivity index (χ2n) is 9.27. The van der Waals surface area contributed by atoms with Crippen molar-refractivity contribution in [2.75, 3.05) is 14.2 Å². The van der Waals surface area contributed by atoms with Gasteiger partial charge in [-0.15, -0.1) is 0 Å². The molecule has 196 valence electrons. The zero-order valence-corrected chi connectivity index (χ0v) is 22.2. The highest BCUT2D eigenvalue weighted by atomic mass is 16.5. The predicted molar refractivity (Wildman–Crippen MR) is 151 cm³/mol. The molecule has 39 heavy (non-hydrogen) atoms. The predicted octanol–water partition coefficient (Wildman–Crippen LogP) is 6.96. The molecule has 0 spiro atoms. The first kappa shape index (κ1) is 25.8. The Morgan fingerprint density at radius 1 is 0.897 bits per heavy atom. The molecule has 0 radical (unpaired) electrons. The van der Waals surface area contributed by atoms with E-state index in [4.69, 9.17) is 18.9 Å². The lowest BCUT2D eigenvalue weighted by Gasteiger charge is -2.37. The minimum absolute atomic E-state index is 0.150. The van der Waals surface area contributed by atoms with Crippen molar-refractivity contribution >= 4 is 34.9 Å². The molecule has 0 saturated heterocycles. The van der Waals surface area contributed by atoms with Crippen LogP contribution in [0.1, 0.15) is 40.9 Å². The summed E-state index contributed by atoms with van der Waals surface area (Å²) in [5.74, 6) is 0.435. The minimum atomic E-state index is -0.883. The SMILES string of the molecule is COC(=O)c1cc2c3c(ccc2cc1OC(C)=O)OC(/C(C)=C/c1ccccc1)(c1ccc(OC)cc1)C=C3. The quantitative estimate of drug-likeness (QED) is 0.202. The number of fused-ring (bicyclic) bond motifs is 3. The van der Waals surface area contributed by atoms with Crippen LogP contribution >= 0.6 is 0 Å². The van der Waals surface area contributed by atoms with Gasteiger partial charge in [-0.2, -0.15) is 0 Å². The van der Waals surface area contributed by atoms with Gasteiger partial charge in [0.05, 0.1) is 14.2 Å². The number of carbonyl (C=O) groups excluding carboxylic acids is 2. The van der Waals surface area contributed by atoms with E-state index in [1.54, 1.807) is 19.2 Å². The van der Waals surface area contributed by atoms with Crippen LogP contribution < -0.4 is 14.2 Å². The van der Waals surface area contributed by atoms with Gasteiger partial charge >= 0.3 is 11.9 Å². The Bertz CT molecular complexity index is 1620. The summed E-state index contributed by atoms with van der Waals surface area (Å²) in [5, 5.41) is 1.56. The van der Waals surface area contributed by atoms with E-state index in [1.165, 1.54) is 14.0 Å². The number of esters is 2. The molecule has 5 rings (SSSR count). The van der Waals surface area contributed by atoms with Crippen molar-refractivity contribution in [3.63, 3.8) is 0 Å². The van der Waals surface area contributed by atoms with E-state index in [0.717, 1.165) is 38.8 Å². The molecule has 1 heterocycles. The first-order valence-electron chi connectivity index (χ1n) is 12.5. The van der Waals surface area contributed by atoms with Crippen LogP contribution in [-0.4, -0.2) is 26.2 Å². The summed E-state index contributed by atoms with van der Waals surface area (Å²) >= 11 is 0. The summed E-state index contributed by atoms with van der Waals surface area (Å²) in [5.41, 5.74) is 3.07. The Kier molecular flexibility index (Phi) is 6.94. The van der Waals surface area contributed by atoms with Crippen molar-refractivity contribution in [2.45, 2.75) is 19.4 Å². The molecule has 4 aromatic rings. The van der Waals surface area contributed by atoms with Gasteiger partial charge in [-0.05, 0) is 71.3 Å². The van der Waals surface area contributed by atoms with Gasteiger partial charge in [0.2, 0.25) is 0 Å². The molecule has 1 aliphatic rings. The Morgan fingerprint density at radius 3 is 2.31 bits per heavy atom. The van der Waals surface area contributed by atoms with E-state index in [0.29, 0.717) is 5.75 Å². The molecular weight excluding hydrogens is 492 g/mol. The van der Waals surface area contributed by atoms with Gasteiger partial charge in [0.1, 0.15) is 22.8 Å². The highest BCUT2D eigenvalue weighted by Gasteiger charge is 2.37. The lowest BCUT2D eigenvalue weighted by Crippen LogP contribution is -2.34. The lowest BCUT2D eigenvalue weighted by molar-refractivity contribution is -0.131. The van der Waals surface area contributed by atoms with E-state index in [1.807, 2.05) is 85.8 Å². The molecule has 1 aliphatic heterocycles. The molecule has 6 nitrogen and oxygen atoms in total. The highest BCUT2D eigenvalue weighted by molar-refractivity contribution is 6.03. The van der Waals surface area contributed by atoms with Gasteiger partial charge in [-0.25, -0.2) is 4.79 Å². The Balaban J connectivity index is 1.68. The molecule has 0 N–H and O–H groups in total. The average Bonchev–Trinajstić information content (AvgIpc) is 2.96. The van der Waals surface area contributed by atoms with Crippen LogP contribution in [0.5, 0.6) is 17.2 Å². The zero-order chi connectivity index (χ0) is 27.6. The van der Waals surface area contributed by atoms with Gasteiger partial charge < -0.3 is 18.9 Å². The summed E-state index contributed by atoms with van der Waals surface area (Å²) in [7, 11) is 2.93. The third-order valence-electron chi connectivity index (χ3n) is 6.82. The topological polar surface area (TPSA) is 71.1 Å². The van der Waals surface area contributed by atoms with E-state index in [9.17, 15) is 9.59 Å². The van der Waals surface area contributed by atoms with Crippen molar-refractivity contribution in [1.29, 1.82) is 0 Å². The molecule has 0 saturated carbocycles. The second kappa shape index (κ2) is 10.5. The fraction of sp³-hybridized carbons (Fsp3) is 0.152. The van der Waals surface area contributed by atoms with Crippen LogP contribution in [-0.2, 0) is 15.1 Å². The van der Waals surface area contributed by atoms with Crippen molar-refractivity contribution in [3.8, 4) is 17.2 Å². The molecule has 0 bridgehead atoms. The number of methoxy groups -OCH3 is 2. The maximum atomic E-state index is 12.6. The zero-order valence-electron chi connectivity index (χ0n) is 22.2. The number of rotatable bonds is 6. The number of benzene rings is 4. The maximum Gasteiger partial charge on any atom is 0.341 e. The smallest absolute Gasteiger partial charge is 0.341 e. The Hall–Kier alpha value is -4.84. The van der Waals surface area contributed by atoms with Crippen LogP contribution in [0.3, 0.4) is 0 Å². The molecule has 1 atom stereocenters. The standard InChI is InChI=1S/C33H28O6/c1-21(18-23-8-6-5-7-9-23)33(25-11-13-26(36-3)14-12-25)17-16-27-28-20-29(32(35)37-4)31(38-22(2)34)19-24(28)10-15-30(27)39-33/h5-20H,1-4H3/b21-18+. The van der Waals surface area contributed by atoms with Gasteiger partial charge in [-0.1, -0.05) is 54.6 Å². The Morgan fingerprint density at radius 2 is 1.64 bits per heavy atom. The first-order valence-corrected chi connectivity index (χ1v) is 12.5. The van der Waals surface area contributed by atoms with Gasteiger partial charge in [-0.3, -0.25) is 4.79 Å². The number of hydrogen-bond donors (Lipinski definition) is 0. The Labute approximate surface area is 227 Å². The molecule has 6 heteroatoms. The summed E-state index contributed by atoms with van der Waals surface area (Å²) < 4.78 is 22.5. The number of carbonyl (C=O) groups is 2. The van der Waals surface area contributed by atoms with Crippen molar-refractivity contribution in [1.82, 2.24) is 0 Å². The normalized spacial score (nSPS) is 16.3. The molecule has 0 amide bonds. The van der Waals surface area contributed by atoms with E-state index in [-0.39, 0.29) is 11.3 Å². The second-order valence-corrected chi connectivity index (χ2v) is 9.27. The molecule has 0 aliphatic carbocycles. The summed E-state index contributed by atoms with van der Waals surface area (Å²) in [6, 6.07) is 25.0. The van der Waals surface area contributed by atoms with Crippen LogP contribution in [0.15, 0.2) is 90.5 Å². The third kappa shape index (κ3) is 4.89. The molecular formula is C33H28O6. The largest absolute Gasteiger partial charge is 0.497 e. The minimum Gasteiger partial charge on any atom is -0.497 e. The van der Waals surface area contributed by atoms with Crippen molar-refractivity contribution < 1.29 is 28.5 Å².